The molecule has 0 amide bonds. The first-order valence-corrected chi connectivity index (χ1v) is 6.67. The van der Waals surface area contributed by atoms with Gasteiger partial charge in [0.25, 0.3) is 5.69 Å². The highest BCUT2D eigenvalue weighted by Gasteiger charge is 2.26. The summed E-state index contributed by atoms with van der Waals surface area (Å²) in [5.74, 6) is 0.701. The molecule has 0 aromatic heterocycles. The monoisotopic (exact) mass is 289 g/mol. The molecule has 1 aliphatic carbocycles. The molecule has 20 heavy (non-hydrogen) atoms. The summed E-state index contributed by atoms with van der Waals surface area (Å²) in [6, 6.07) is 12.4. The molecule has 0 spiro atoms. The van der Waals surface area contributed by atoms with Crippen molar-refractivity contribution in [3.63, 3.8) is 0 Å². The highest BCUT2D eigenvalue weighted by molar-refractivity contribution is 6.32. The summed E-state index contributed by atoms with van der Waals surface area (Å²) in [6.45, 7) is 0.484. The van der Waals surface area contributed by atoms with Crippen molar-refractivity contribution in [2.75, 3.05) is 6.61 Å². The third-order valence-electron chi connectivity index (χ3n) is 3.53. The minimum atomic E-state index is -0.457. The molecule has 0 bridgehead atoms. The van der Waals surface area contributed by atoms with E-state index in [-0.39, 0.29) is 5.69 Å². The fourth-order valence-electron chi connectivity index (χ4n) is 2.42. The van der Waals surface area contributed by atoms with Crippen molar-refractivity contribution in [3.8, 4) is 5.75 Å². The van der Waals surface area contributed by atoms with Crippen LogP contribution in [0.5, 0.6) is 5.75 Å². The zero-order valence-electron chi connectivity index (χ0n) is 10.6. The van der Waals surface area contributed by atoms with Gasteiger partial charge in [-0.15, -0.1) is 0 Å². The van der Waals surface area contributed by atoms with Crippen LogP contribution in [-0.4, -0.2) is 11.5 Å². The maximum atomic E-state index is 10.7. The van der Waals surface area contributed by atoms with Crippen molar-refractivity contribution >= 4 is 17.3 Å². The van der Waals surface area contributed by atoms with Gasteiger partial charge in [-0.2, -0.15) is 0 Å². The summed E-state index contributed by atoms with van der Waals surface area (Å²) in [5, 5.41) is 11.1. The van der Waals surface area contributed by atoms with Gasteiger partial charge in [-0.1, -0.05) is 35.9 Å². The number of hydrogen-bond acceptors (Lipinski definition) is 3. The highest BCUT2D eigenvalue weighted by atomic mass is 35.5. The average molecular weight is 290 g/mol. The standard InChI is InChI=1S/C15H12ClNO3/c16-14-6-5-12(17(18)19)8-15(14)20-9-11-7-10-3-1-2-4-13(10)11/h1-6,8,11H,7,9H2. The number of nitrogens with zero attached hydrogens (tertiary/aromatic N) is 1. The van der Waals surface area contributed by atoms with Crippen LogP contribution in [0.3, 0.4) is 0 Å². The molecule has 4 nitrogen and oxygen atoms in total. The van der Waals surface area contributed by atoms with Gasteiger partial charge in [0.05, 0.1) is 22.6 Å². The summed E-state index contributed by atoms with van der Waals surface area (Å²) in [7, 11) is 0. The summed E-state index contributed by atoms with van der Waals surface area (Å²) in [6.07, 6.45) is 0.975. The minimum absolute atomic E-state index is 0.0154. The molecule has 0 radical (unpaired) electrons. The number of nitro benzene ring substituents is 1. The molecule has 102 valence electrons. The zero-order chi connectivity index (χ0) is 14.1. The van der Waals surface area contributed by atoms with Crippen LogP contribution in [0.25, 0.3) is 0 Å². The topological polar surface area (TPSA) is 52.4 Å². The molecule has 1 aliphatic rings. The smallest absolute Gasteiger partial charge is 0.273 e. The molecule has 0 heterocycles. The fourth-order valence-corrected chi connectivity index (χ4v) is 2.59. The number of non-ortho nitro benzene ring substituents is 1. The Hall–Kier alpha value is -2.07. The van der Waals surface area contributed by atoms with Crippen LogP contribution in [0.2, 0.25) is 5.02 Å². The lowest BCUT2D eigenvalue weighted by Crippen LogP contribution is -2.23. The number of nitro groups is 1. The quantitative estimate of drug-likeness (QED) is 0.632. The van der Waals surface area contributed by atoms with Gasteiger partial charge < -0.3 is 4.74 Å². The van der Waals surface area contributed by atoms with E-state index < -0.39 is 4.92 Å². The van der Waals surface area contributed by atoms with E-state index in [1.165, 1.54) is 29.3 Å². The Morgan fingerprint density at radius 3 is 2.85 bits per heavy atom. The molecular weight excluding hydrogens is 278 g/mol. The van der Waals surface area contributed by atoms with E-state index in [0.717, 1.165) is 6.42 Å². The summed E-state index contributed by atoms with van der Waals surface area (Å²) < 4.78 is 5.65. The first-order chi connectivity index (χ1) is 9.65. The van der Waals surface area contributed by atoms with E-state index in [1.807, 2.05) is 12.1 Å². The first kappa shape index (κ1) is 12.9. The lowest BCUT2D eigenvalue weighted by molar-refractivity contribution is -0.384. The van der Waals surface area contributed by atoms with Crippen LogP contribution in [0, 0.1) is 10.1 Å². The predicted octanol–water partition coefficient (Wildman–Crippen LogP) is 3.97. The molecule has 3 rings (SSSR count). The molecule has 5 heteroatoms. The minimum Gasteiger partial charge on any atom is -0.491 e. The average Bonchev–Trinajstić information content (AvgIpc) is 2.41. The Morgan fingerprint density at radius 1 is 1.30 bits per heavy atom. The predicted molar refractivity (Wildman–Crippen MR) is 76.5 cm³/mol. The third kappa shape index (κ3) is 2.34. The number of benzene rings is 2. The second-order valence-electron chi connectivity index (χ2n) is 4.78. The summed E-state index contributed by atoms with van der Waals surface area (Å²) >= 11 is 6.00. The van der Waals surface area contributed by atoms with Crippen molar-refractivity contribution < 1.29 is 9.66 Å². The summed E-state index contributed by atoms with van der Waals surface area (Å²) in [5.41, 5.74) is 2.61. The van der Waals surface area contributed by atoms with Gasteiger partial charge in [0.15, 0.2) is 0 Å². The van der Waals surface area contributed by atoms with Crippen molar-refractivity contribution in [2.45, 2.75) is 12.3 Å². The molecule has 2 aromatic rings. The highest BCUT2D eigenvalue weighted by Crippen LogP contribution is 2.36. The number of halogens is 1. The molecule has 1 atom stereocenters. The van der Waals surface area contributed by atoms with Gasteiger partial charge >= 0.3 is 0 Å². The van der Waals surface area contributed by atoms with E-state index in [4.69, 9.17) is 16.3 Å². The van der Waals surface area contributed by atoms with E-state index >= 15 is 0 Å². The van der Waals surface area contributed by atoms with Gasteiger partial charge in [-0.25, -0.2) is 0 Å². The number of ether oxygens (including phenoxy) is 1. The Labute approximate surface area is 121 Å². The Morgan fingerprint density at radius 2 is 2.10 bits per heavy atom. The van der Waals surface area contributed by atoms with Crippen molar-refractivity contribution in [1.82, 2.24) is 0 Å². The third-order valence-corrected chi connectivity index (χ3v) is 3.84. The molecule has 1 unspecified atom stereocenters. The SMILES string of the molecule is O=[N+]([O-])c1ccc(Cl)c(OCC2Cc3ccccc32)c1. The first-order valence-electron chi connectivity index (χ1n) is 6.29. The molecule has 0 fully saturated rings. The molecule has 0 N–H and O–H groups in total. The lowest BCUT2D eigenvalue weighted by Gasteiger charge is -2.29. The summed E-state index contributed by atoms with van der Waals surface area (Å²) in [4.78, 5) is 10.3. The van der Waals surface area contributed by atoms with Gasteiger partial charge in [0.1, 0.15) is 5.75 Å². The van der Waals surface area contributed by atoms with Gasteiger partial charge in [-0.3, -0.25) is 10.1 Å². The van der Waals surface area contributed by atoms with Crippen LogP contribution >= 0.6 is 11.6 Å². The largest absolute Gasteiger partial charge is 0.491 e. The maximum absolute atomic E-state index is 10.7. The van der Waals surface area contributed by atoms with Crippen LogP contribution < -0.4 is 4.74 Å². The molecule has 2 aromatic carbocycles. The molecule has 0 saturated heterocycles. The van der Waals surface area contributed by atoms with Crippen molar-refractivity contribution in [1.29, 1.82) is 0 Å². The van der Waals surface area contributed by atoms with Crippen LogP contribution in [0.15, 0.2) is 42.5 Å². The van der Waals surface area contributed by atoms with Crippen LogP contribution in [-0.2, 0) is 6.42 Å². The lowest BCUT2D eigenvalue weighted by atomic mass is 9.78. The van der Waals surface area contributed by atoms with Gasteiger partial charge in [0.2, 0.25) is 0 Å². The Balaban J connectivity index is 1.71. The Bertz CT molecular complexity index is 672. The number of hydrogen-bond donors (Lipinski definition) is 0. The van der Waals surface area contributed by atoms with E-state index in [0.29, 0.717) is 23.3 Å². The second-order valence-corrected chi connectivity index (χ2v) is 5.19. The fraction of sp³-hybridized carbons (Fsp3) is 0.200. The van der Waals surface area contributed by atoms with E-state index in [1.54, 1.807) is 0 Å². The molecule has 0 saturated carbocycles. The second kappa shape index (κ2) is 5.13. The van der Waals surface area contributed by atoms with Crippen LogP contribution in [0.4, 0.5) is 5.69 Å². The van der Waals surface area contributed by atoms with Crippen molar-refractivity contribution in [2.24, 2.45) is 0 Å². The normalized spacial score (nSPS) is 16.1. The molecular formula is C15H12ClNO3. The number of fused-ring (bicyclic) bond motifs is 1. The van der Waals surface area contributed by atoms with Gasteiger partial charge in [-0.05, 0) is 23.6 Å². The number of rotatable bonds is 4. The zero-order valence-corrected chi connectivity index (χ0v) is 11.3. The maximum Gasteiger partial charge on any atom is 0.273 e. The van der Waals surface area contributed by atoms with E-state index in [2.05, 4.69) is 12.1 Å². The van der Waals surface area contributed by atoms with Crippen molar-refractivity contribution in [3.05, 3.63) is 68.7 Å². The molecule has 0 aliphatic heterocycles. The van der Waals surface area contributed by atoms with Gasteiger partial charge in [0, 0.05) is 12.0 Å². The van der Waals surface area contributed by atoms with E-state index in [9.17, 15) is 10.1 Å². The Kier molecular flexibility index (Phi) is 3.32. The van der Waals surface area contributed by atoms with Crippen LogP contribution in [0.1, 0.15) is 17.0 Å².